The van der Waals surface area contributed by atoms with Crippen LogP contribution in [0, 0.1) is 5.92 Å². The molecule has 1 aliphatic heterocycles. The standard InChI is InChI=1S/C14H30N2O/c1-3-4-5-8-14(10-15)16(2)11-13-7-6-9-17-12-13/h13-14H,3-12,15H2,1-2H3. The molecule has 0 spiro atoms. The SMILES string of the molecule is CCCCCC(CN)N(C)CC1CCCOC1. The van der Waals surface area contributed by atoms with E-state index in [0.29, 0.717) is 12.0 Å². The molecule has 102 valence electrons. The molecular formula is C14H30N2O. The van der Waals surface area contributed by atoms with Crippen molar-refractivity contribution in [3.8, 4) is 0 Å². The number of rotatable bonds is 8. The maximum absolute atomic E-state index is 5.89. The molecular weight excluding hydrogens is 212 g/mol. The molecule has 1 aliphatic rings. The fraction of sp³-hybridized carbons (Fsp3) is 1.00. The Morgan fingerprint density at radius 3 is 2.82 bits per heavy atom. The van der Waals surface area contributed by atoms with Crippen molar-refractivity contribution in [1.29, 1.82) is 0 Å². The summed E-state index contributed by atoms with van der Waals surface area (Å²) in [4.78, 5) is 2.45. The quantitative estimate of drug-likeness (QED) is 0.664. The number of hydrogen-bond donors (Lipinski definition) is 1. The van der Waals surface area contributed by atoms with Gasteiger partial charge >= 0.3 is 0 Å². The van der Waals surface area contributed by atoms with Gasteiger partial charge in [-0.2, -0.15) is 0 Å². The zero-order valence-electron chi connectivity index (χ0n) is 11.7. The molecule has 1 heterocycles. The molecule has 0 aliphatic carbocycles. The Bertz CT molecular complexity index is 181. The van der Waals surface area contributed by atoms with Crippen LogP contribution in [0.4, 0.5) is 0 Å². The Morgan fingerprint density at radius 1 is 1.41 bits per heavy atom. The van der Waals surface area contributed by atoms with Crippen LogP contribution in [0.15, 0.2) is 0 Å². The summed E-state index contributed by atoms with van der Waals surface area (Å²) in [6.45, 7) is 6.08. The van der Waals surface area contributed by atoms with E-state index in [1.807, 2.05) is 0 Å². The first-order valence-corrected chi connectivity index (χ1v) is 7.26. The Balaban J connectivity index is 2.23. The van der Waals surface area contributed by atoms with Gasteiger partial charge in [0, 0.05) is 25.7 Å². The first kappa shape index (κ1) is 14.9. The first-order chi connectivity index (χ1) is 8.27. The van der Waals surface area contributed by atoms with Crippen LogP contribution >= 0.6 is 0 Å². The van der Waals surface area contributed by atoms with Crippen molar-refractivity contribution in [1.82, 2.24) is 4.90 Å². The number of nitrogens with two attached hydrogens (primary N) is 1. The summed E-state index contributed by atoms with van der Waals surface area (Å²) in [6.07, 6.45) is 7.71. The van der Waals surface area contributed by atoms with Crippen LogP contribution in [0.5, 0.6) is 0 Å². The normalized spacial score (nSPS) is 22.9. The molecule has 3 nitrogen and oxygen atoms in total. The van der Waals surface area contributed by atoms with Gasteiger partial charge in [0.25, 0.3) is 0 Å². The van der Waals surface area contributed by atoms with E-state index in [0.717, 1.165) is 26.3 Å². The van der Waals surface area contributed by atoms with Gasteiger partial charge in [0.15, 0.2) is 0 Å². The van der Waals surface area contributed by atoms with Crippen LogP contribution < -0.4 is 5.73 Å². The Hall–Kier alpha value is -0.120. The molecule has 1 saturated heterocycles. The Kier molecular flexibility index (Phi) is 7.82. The van der Waals surface area contributed by atoms with Crippen molar-refractivity contribution in [2.45, 2.75) is 51.5 Å². The third-order valence-corrected chi connectivity index (χ3v) is 3.84. The Labute approximate surface area is 107 Å². The third-order valence-electron chi connectivity index (χ3n) is 3.84. The lowest BCUT2D eigenvalue weighted by atomic mass is 10.00. The highest BCUT2D eigenvalue weighted by molar-refractivity contribution is 4.74. The molecule has 0 aromatic carbocycles. The number of nitrogens with zero attached hydrogens (tertiary/aromatic N) is 1. The van der Waals surface area contributed by atoms with Crippen LogP contribution in [-0.2, 0) is 4.74 Å². The van der Waals surface area contributed by atoms with Gasteiger partial charge < -0.3 is 15.4 Å². The molecule has 0 radical (unpaired) electrons. The van der Waals surface area contributed by atoms with E-state index >= 15 is 0 Å². The minimum Gasteiger partial charge on any atom is -0.381 e. The summed E-state index contributed by atoms with van der Waals surface area (Å²) in [6, 6.07) is 0.559. The number of ether oxygens (including phenoxy) is 1. The van der Waals surface area contributed by atoms with Crippen molar-refractivity contribution >= 4 is 0 Å². The van der Waals surface area contributed by atoms with Crippen LogP contribution in [0.1, 0.15) is 45.4 Å². The lowest BCUT2D eigenvalue weighted by Crippen LogP contribution is -2.42. The third kappa shape index (κ3) is 5.84. The van der Waals surface area contributed by atoms with Crippen molar-refractivity contribution in [2.24, 2.45) is 11.7 Å². The number of unbranched alkanes of at least 4 members (excludes halogenated alkanes) is 2. The number of likely N-dealkylation sites (N-methyl/N-ethyl adjacent to an activating group) is 1. The predicted molar refractivity (Wildman–Crippen MR) is 73.2 cm³/mol. The lowest BCUT2D eigenvalue weighted by Gasteiger charge is -2.32. The zero-order valence-corrected chi connectivity index (χ0v) is 11.7. The second-order valence-electron chi connectivity index (χ2n) is 5.41. The summed E-state index contributed by atoms with van der Waals surface area (Å²) in [5.74, 6) is 0.717. The molecule has 0 amide bonds. The van der Waals surface area contributed by atoms with E-state index in [1.54, 1.807) is 0 Å². The van der Waals surface area contributed by atoms with Crippen molar-refractivity contribution in [3.63, 3.8) is 0 Å². The van der Waals surface area contributed by atoms with Gasteiger partial charge in [-0.25, -0.2) is 0 Å². The highest BCUT2D eigenvalue weighted by atomic mass is 16.5. The molecule has 0 saturated carbocycles. The molecule has 3 heteroatoms. The van der Waals surface area contributed by atoms with Gasteiger partial charge in [-0.05, 0) is 32.2 Å². The van der Waals surface area contributed by atoms with E-state index in [1.165, 1.54) is 38.5 Å². The number of hydrogen-bond acceptors (Lipinski definition) is 3. The molecule has 1 rings (SSSR count). The van der Waals surface area contributed by atoms with E-state index in [-0.39, 0.29) is 0 Å². The van der Waals surface area contributed by atoms with E-state index in [2.05, 4.69) is 18.9 Å². The lowest BCUT2D eigenvalue weighted by molar-refractivity contribution is 0.0359. The smallest absolute Gasteiger partial charge is 0.0506 e. The highest BCUT2D eigenvalue weighted by Crippen LogP contribution is 2.16. The van der Waals surface area contributed by atoms with Crippen LogP contribution in [0.3, 0.4) is 0 Å². The van der Waals surface area contributed by atoms with Crippen LogP contribution in [-0.4, -0.2) is 44.3 Å². The second-order valence-corrected chi connectivity index (χ2v) is 5.41. The minimum absolute atomic E-state index is 0.559. The minimum atomic E-state index is 0.559. The van der Waals surface area contributed by atoms with Crippen LogP contribution in [0.25, 0.3) is 0 Å². The topological polar surface area (TPSA) is 38.5 Å². The van der Waals surface area contributed by atoms with Gasteiger partial charge in [-0.15, -0.1) is 0 Å². The summed E-state index contributed by atoms with van der Waals surface area (Å²) in [5.41, 5.74) is 5.89. The molecule has 0 bridgehead atoms. The van der Waals surface area contributed by atoms with Gasteiger partial charge in [0.2, 0.25) is 0 Å². The maximum atomic E-state index is 5.89. The molecule has 0 aromatic heterocycles. The predicted octanol–water partition coefficient (Wildman–Crippen LogP) is 2.25. The summed E-state index contributed by atoms with van der Waals surface area (Å²) >= 11 is 0. The monoisotopic (exact) mass is 242 g/mol. The second kappa shape index (κ2) is 8.90. The summed E-state index contributed by atoms with van der Waals surface area (Å²) in [7, 11) is 2.22. The average molecular weight is 242 g/mol. The van der Waals surface area contributed by atoms with Gasteiger partial charge in [0.1, 0.15) is 0 Å². The fourth-order valence-electron chi connectivity index (χ4n) is 2.66. The summed E-state index contributed by atoms with van der Waals surface area (Å²) in [5, 5.41) is 0. The average Bonchev–Trinajstić information content (AvgIpc) is 2.36. The van der Waals surface area contributed by atoms with E-state index in [9.17, 15) is 0 Å². The molecule has 2 N–H and O–H groups in total. The largest absolute Gasteiger partial charge is 0.381 e. The maximum Gasteiger partial charge on any atom is 0.0506 e. The zero-order chi connectivity index (χ0) is 12.5. The van der Waals surface area contributed by atoms with Gasteiger partial charge in [-0.1, -0.05) is 26.2 Å². The molecule has 17 heavy (non-hydrogen) atoms. The van der Waals surface area contributed by atoms with Crippen molar-refractivity contribution < 1.29 is 4.74 Å². The highest BCUT2D eigenvalue weighted by Gasteiger charge is 2.19. The Morgan fingerprint density at radius 2 is 2.24 bits per heavy atom. The molecule has 2 unspecified atom stereocenters. The molecule has 1 fully saturated rings. The van der Waals surface area contributed by atoms with Gasteiger partial charge in [-0.3, -0.25) is 0 Å². The van der Waals surface area contributed by atoms with Crippen molar-refractivity contribution in [2.75, 3.05) is 33.4 Å². The molecule has 0 aromatic rings. The van der Waals surface area contributed by atoms with Crippen LogP contribution in [0.2, 0.25) is 0 Å². The first-order valence-electron chi connectivity index (χ1n) is 7.26. The van der Waals surface area contributed by atoms with E-state index in [4.69, 9.17) is 10.5 Å². The summed E-state index contributed by atoms with van der Waals surface area (Å²) < 4.78 is 5.54. The van der Waals surface area contributed by atoms with E-state index < -0.39 is 0 Å². The van der Waals surface area contributed by atoms with Gasteiger partial charge in [0.05, 0.1) is 6.61 Å². The fourth-order valence-corrected chi connectivity index (χ4v) is 2.66. The van der Waals surface area contributed by atoms with Crippen molar-refractivity contribution in [3.05, 3.63) is 0 Å². The molecule has 2 atom stereocenters.